The van der Waals surface area contributed by atoms with Gasteiger partial charge in [-0.25, -0.2) is 0 Å². The molecule has 1 fully saturated rings. The van der Waals surface area contributed by atoms with Crippen LogP contribution in [0.15, 0.2) is 24.3 Å². The molecular formula is C14H17NO. The van der Waals surface area contributed by atoms with Gasteiger partial charge in [-0.1, -0.05) is 38.1 Å². The van der Waals surface area contributed by atoms with E-state index in [1.807, 2.05) is 0 Å². The van der Waals surface area contributed by atoms with Gasteiger partial charge in [0.1, 0.15) is 5.41 Å². The van der Waals surface area contributed by atoms with Gasteiger partial charge >= 0.3 is 0 Å². The Morgan fingerprint density at radius 2 is 2.00 bits per heavy atom. The van der Waals surface area contributed by atoms with Crippen LogP contribution < -0.4 is 0 Å². The van der Waals surface area contributed by atoms with Gasteiger partial charge in [-0.3, -0.25) is 0 Å². The van der Waals surface area contributed by atoms with Gasteiger partial charge in [-0.05, 0) is 23.5 Å². The van der Waals surface area contributed by atoms with Crippen LogP contribution in [0.4, 0.5) is 0 Å². The summed E-state index contributed by atoms with van der Waals surface area (Å²) in [6.07, 6.45) is 1.14. The smallest absolute Gasteiger partial charge is 0.129 e. The van der Waals surface area contributed by atoms with Gasteiger partial charge in [0.2, 0.25) is 0 Å². The summed E-state index contributed by atoms with van der Waals surface area (Å²) in [7, 11) is 0. The lowest BCUT2D eigenvalue weighted by Crippen LogP contribution is -2.45. The van der Waals surface area contributed by atoms with Crippen molar-refractivity contribution in [1.82, 2.24) is 0 Å². The highest BCUT2D eigenvalue weighted by atomic mass is 16.5. The van der Waals surface area contributed by atoms with Crippen molar-refractivity contribution in [1.29, 1.82) is 5.26 Å². The Morgan fingerprint density at radius 3 is 2.38 bits per heavy atom. The third-order valence-electron chi connectivity index (χ3n) is 3.56. The third kappa shape index (κ3) is 1.72. The maximum absolute atomic E-state index is 9.18. The molecule has 1 saturated heterocycles. The van der Waals surface area contributed by atoms with E-state index in [4.69, 9.17) is 4.74 Å². The van der Waals surface area contributed by atoms with Crippen LogP contribution in [0.3, 0.4) is 0 Å². The Bertz CT molecular complexity index is 398. The summed E-state index contributed by atoms with van der Waals surface area (Å²) < 4.78 is 5.16. The van der Waals surface area contributed by atoms with Crippen molar-refractivity contribution in [2.45, 2.75) is 31.6 Å². The first-order valence-electron chi connectivity index (χ1n) is 5.81. The Morgan fingerprint density at radius 1 is 1.38 bits per heavy atom. The van der Waals surface area contributed by atoms with Crippen LogP contribution in [0.25, 0.3) is 0 Å². The maximum Gasteiger partial charge on any atom is 0.129 e. The average Bonchev–Trinajstić information content (AvgIpc) is 2.28. The van der Waals surface area contributed by atoms with Crippen LogP contribution in [0.2, 0.25) is 0 Å². The monoisotopic (exact) mass is 215 g/mol. The molecule has 0 aromatic heterocycles. The second kappa shape index (κ2) is 4.27. The van der Waals surface area contributed by atoms with Gasteiger partial charge in [0.15, 0.2) is 0 Å². The lowest BCUT2D eigenvalue weighted by Gasteiger charge is -2.35. The van der Waals surface area contributed by atoms with E-state index in [0.717, 1.165) is 12.0 Å². The molecule has 1 atom stereocenters. The molecule has 0 aliphatic carbocycles. The Labute approximate surface area is 96.9 Å². The first-order valence-corrected chi connectivity index (χ1v) is 5.81. The molecule has 1 aromatic carbocycles. The molecule has 0 amide bonds. The van der Waals surface area contributed by atoms with E-state index in [2.05, 4.69) is 44.2 Å². The number of benzene rings is 1. The molecule has 0 bridgehead atoms. The first kappa shape index (κ1) is 11.2. The number of nitrogens with zero attached hydrogens (tertiary/aromatic N) is 1. The Hall–Kier alpha value is -1.33. The minimum absolute atomic E-state index is 0.381. The molecule has 0 N–H and O–H groups in total. The summed E-state index contributed by atoms with van der Waals surface area (Å²) in [4.78, 5) is 0. The number of hydrogen-bond donors (Lipinski definition) is 0. The van der Waals surface area contributed by atoms with Crippen molar-refractivity contribution in [2.75, 3.05) is 13.2 Å². The zero-order valence-corrected chi connectivity index (χ0v) is 9.86. The van der Waals surface area contributed by atoms with Gasteiger partial charge in [0.25, 0.3) is 0 Å². The summed E-state index contributed by atoms with van der Waals surface area (Å²) in [5.41, 5.74) is 2.06. The second-order valence-corrected chi connectivity index (χ2v) is 4.62. The van der Waals surface area contributed by atoms with Crippen molar-refractivity contribution >= 4 is 0 Å². The molecule has 2 rings (SSSR count). The quantitative estimate of drug-likeness (QED) is 0.776. The summed E-state index contributed by atoms with van der Waals surface area (Å²) in [6.45, 7) is 5.48. The summed E-state index contributed by atoms with van der Waals surface area (Å²) in [5.74, 6) is 0.588. The zero-order valence-electron chi connectivity index (χ0n) is 9.86. The van der Waals surface area contributed by atoms with E-state index < -0.39 is 0 Å². The van der Waals surface area contributed by atoms with Crippen LogP contribution in [0, 0.1) is 11.3 Å². The van der Waals surface area contributed by atoms with Crippen molar-refractivity contribution in [3.8, 4) is 6.07 Å². The molecular weight excluding hydrogens is 198 g/mol. The van der Waals surface area contributed by atoms with Crippen LogP contribution in [0.5, 0.6) is 0 Å². The summed E-state index contributed by atoms with van der Waals surface area (Å²) in [5, 5.41) is 9.18. The normalized spacial score (nSPS) is 19.6. The third-order valence-corrected chi connectivity index (χ3v) is 3.56. The molecule has 16 heavy (non-hydrogen) atoms. The van der Waals surface area contributed by atoms with Crippen molar-refractivity contribution < 1.29 is 4.74 Å². The van der Waals surface area contributed by atoms with E-state index in [9.17, 15) is 5.26 Å². The zero-order chi connectivity index (χ0) is 11.6. The van der Waals surface area contributed by atoms with Crippen LogP contribution in [-0.4, -0.2) is 13.2 Å². The van der Waals surface area contributed by atoms with Crippen LogP contribution in [0.1, 0.15) is 37.3 Å². The highest BCUT2D eigenvalue weighted by molar-refractivity contribution is 5.37. The second-order valence-electron chi connectivity index (χ2n) is 4.62. The lowest BCUT2D eigenvalue weighted by atomic mass is 9.79. The summed E-state index contributed by atoms with van der Waals surface area (Å²) >= 11 is 0. The predicted molar refractivity (Wildman–Crippen MR) is 63.3 cm³/mol. The molecule has 1 aromatic rings. The fraction of sp³-hybridized carbons (Fsp3) is 0.500. The Kier molecular flexibility index (Phi) is 2.98. The number of hydrogen-bond acceptors (Lipinski definition) is 2. The fourth-order valence-corrected chi connectivity index (χ4v) is 1.97. The Balaban J connectivity index is 2.23. The molecule has 2 heteroatoms. The molecule has 1 unspecified atom stereocenters. The molecule has 1 aliphatic rings. The minimum Gasteiger partial charge on any atom is -0.377 e. The van der Waals surface area contributed by atoms with E-state index in [1.165, 1.54) is 5.56 Å². The van der Waals surface area contributed by atoms with Crippen molar-refractivity contribution in [3.63, 3.8) is 0 Å². The first-order chi connectivity index (χ1) is 7.72. The maximum atomic E-state index is 9.18. The number of rotatable bonds is 3. The van der Waals surface area contributed by atoms with Crippen molar-refractivity contribution in [2.24, 2.45) is 0 Å². The fourth-order valence-electron chi connectivity index (χ4n) is 1.97. The van der Waals surface area contributed by atoms with Gasteiger partial charge in [-0.15, -0.1) is 0 Å². The molecule has 1 heterocycles. The SMILES string of the molecule is CCC(C)c1ccc(C2(C#N)COC2)cc1. The minimum atomic E-state index is -0.381. The predicted octanol–water partition coefficient (Wildman–Crippen LogP) is 2.99. The highest BCUT2D eigenvalue weighted by Gasteiger charge is 2.40. The topological polar surface area (TPSA) is 33.0 Å². The van der Waals surface area contributed by atoms with Gasteiger partial charge in [0, 0.05) is 0 Å². The molecule has 0 radical (unpaired) electrons. The van der Waals surface area contributed by atoms with Crippen molar-refractivity contribution in [3.05, 3.63) is 35.4 Å². The number of nitriles is 1. The van der Waals surface area contributed by atoms with Crippen LogP contribution >= 0.6 is 0 Å². The molecule has 2 nitrogen and oxygen atoms in total. The van der Waals surface area contributed by atoms with Gasteiger partial charge in [-0.2, -0.15) is 5.26 Å². The molecule has 0 spiro atoms. The standard InChI is InChI=1S/C14H17NO/c1-3-11(2)12-4-6-13(7-5-12)14(8-15)9-16-10-14/h4-7,11H,3,9-10H2,1-2H3. The average molecular weight is 215 g/mol. The van der Waals surface area contributed by atoms with E-state index in [-0.39, 0.29) is 5.41 Å². The van der Waals surface area contributed by atoms with Gasteiger partial charge in [0.05, 0.1) is 19.3 Å². The summed E-state index contributed by atoms with van der Waals surface area (Å²) in [6, 6.07) is 10.8. The highest BCUT2D eigenvalue weighted by Crippen LogP contribution is 2.32. The van der Waals surface area contributed by atoms with Crippen LogP contribution in [-0.2, 0) is 10.2 Å². The van der Waals surface area contributed by atoms with E-state index in [0.29, 0.717) is 19.1 Å². The molecule has 1 aliphatic heterocycles. The van der Waals surface area contributed by atoms with E-state index >= 15 is 0 Å². The molecule has 84 valence electrons. The van der Waals surface area contributed by atoms with E-state index in [1.54, 1.807) is 0 Å². The van der Waals surface area contributed by atoms with Gasteiger partial charge < -0.3 is 4.74 Å². The lowest BCUT2D eigenvalue weighted by molar-refractivity contribution is -0.0298. The molecule has 0 saturated carbocycles. The largest absolute Gasteiger partial charge is 0.377 e. The number of ether oxygens (including phenoxy) is 1.